The zero-order chi connectivity index (χ0) is 22.8. The van der Waals surface area contributed by atoms with Gasteiger partial charge in [-0.1, -0.05) is 47.5 Å². The zero-order valence-electron chi connectivity index (χ0n) is 18.4. The van der Waals surface area contributed by atoms with Gasteiger partial charge < -0.3 is 10.3 Å². The molecular formula is C25H26Cl2N4O. The summed E-state index contributed by atoms with van der Waals surface area (Å²) in [5.41, 5.74) is 6.27. The van der Waals surface area contributed by atoms with E-state index in [1.165, 1.54) is 0 Å². The number of para-hydroxylation sites is 1. The van der Waals surface area contributed by atoms with E-state index in [0.29, 0.717) is 29.4 Å². The van der Waals surface area contributed by atoms with E-state index in [1.54, 1.807) is 6.07 Å². The molecule has 0 bridgehead atoms. The third kappa shape index (κ3) is 4.54. The van der Waals surface area contributed by atoms with Crippen molar-refractivity contribution in [2.24, 2.45) is 7.05 Å². The number of carbonyl (C=O) groups is 1. The highest BCUT2D eigenvalue weighted by molar-refractivity contribution is 6.35. The quantitative estimate of drug-likeness (QED) is 0.365. The number of rotatable bonds is 7. The minimum absolute atomic E-state index is 0.00239. The highest BCUT2D eigenvalue weighted by atomic mass is 35.5. The van der Waals surface area contributed by atoms with Gasteiger partial charge in [0.15, 0.2) is 0 Å². The minimum Gasteiger partial charge on any atom is -0.361 e. The molecule has 7 heteroatoms. The topological polar surface area (TPSA) is 62.7 Å². The fourth-order valence-electron chi connectivity index (χ4n) is 4.28. The first kappa shape index (κ1) is 22.4. The first-order valence-electron chi connectivity index (χ1n) is 10.6. The van der Waals surface area contributed by atoms with E-state index in [0.717, 1.165) is 39.0 Å². The summed E-state index contributed by atoms with van der Waals surface area (Å²) in [5, 5.41) is 9.84. The number of aryl methyl sites for hydroxylation is 2. The van der Waals surface area contributed by atoms with Crippen molar-refractivity contribution in [3.05, 3.63) is 86.8 Å². The molecule has 2 heterocycles. The van der Waals surface area contributed by atoms with Crippen LogP contribution in [0.3, 0.4) is 0 Å². The highest BCUT2D eigenvalue weighted by Crippen LogP contribution is 2.35. The molecule has 2 aromatic carbocycles. The second kappa shape index (κ2) is 9.39. The van der Waals surface area contributed by atoms with Crippen molar-refractivity contribution < 1.29 is 4.79 Å². The fourth-order valence-corrected chi connectivity index (χ4v) is 4.82. The summed E-state index contributed by atoms with van der Waals surface area (Å²) < 4.78 is 1.86. The maximum absolute atomic E-state index is 12.8. The fraction of sp³-hybridized carbons (Fsp3) is 0.280. The Morgan fingerprint density at radius 3 is 2.66 bits per heavy atom. The highest BCUT2D eigenvalue weighted by Gasteiger charge is 2.22. The molecule has 1 unspecified atom stereocenters. The van der Waals surface area contributed by atoms with Crippen molar-refractivity contribution in [2.45, 2.75) is 32.6 Å². The van der Waals surface area contributed by atoms with Crippen molar-refractivity contribution in [3.63, 3.8) is 0 Å². The Balaban J connectivity index is 1.55. The molecule has 4 aromatic rings. The summed E-state index contributed by atoms with van der Waals surface area (Å²) in [5.74, 6) is -0.107. The average molecular weight is 469 g/mol. The summed E-state index contributed by atoms with van der Waals surface area (Å²) in [6, 6.07) is 13.6. The monoisotopic (exact) mass is 468 g/mol. The molecular weight excluding hydrogens is 443 g/mol. The second-order valence-electron chi connectivity index (χ2n) is 8.09. The molecule has 0 saturated heterocycles. The normalized spacial score (nSPS) is 12.3. The van der Waals surface area contributed by atoms with Crippen LogP contribution in [0.2, 0.25) is 10.0 Å². The number of benzene rings is 2. The Bertz CT molecular complexity index is 1270. The van der Waals surface area contributed by atoms with Crippen LogP contribution in [0.1, 0.15) is 40.4 Å². The Morgan fingerprint density at radius 2 is 1.94 bits per heavy atom. The summed E-state index contributed by atoms with van der Waals surface area (Å²) in [6.07, 6.45) is 3.06. The van der Waals surface area contributed by atoms with E-state index in [-0.39, 0.29) is 11.8 Å². The molecule has 0 fully saturated rings. The summed E-state index contributed by atoms with van der Waals surface area (Å²) in [6.45, 7) is 4.45. The number of hydrogen-bond acceptors (Lipinski definition) is 2. The average Bonchev–Trinajstić information content (AvgIpc) is 3.29. The smallest absolute Gasteiger partial charge is 0.220 e. The predicted octanol–water partition coefficient (Wildman–Crippen LogP) is 5.71. The van der Waals surface area contributed by atoms with Crippen LogP contribution in [-0.4, -0.2) is 27.2 Å². The molecule has 0 aliphatic heterocycles. The van der Waals surface area contributed by atoms with Gasteiger partial charge in [-0.25, -0.2) is 0 Å². The van der Waals surface area contributed by atoms with Crippen LogP contribution >= 0.6 is 23.2 Å². The van der Waals surface area contributed by atoms with Crippen molar-refractivity contribution in [1.29, 1.82) is 0 Å². The Kier molecular flexibility index (Phi) is 6.58. The van der Waals surface area contributed by atoms with Gasteiger partial charge in [0.1, 0.15) is 0 Å². The van der Waals surface area contributed by atoms with Gasteiger partial charge in [-0.15, -0.1) is 0 Å². The number of H-pyrrole nitrogens is 1. The zero-order valence-corrected chi connectivity index (χ0v) is 19.9. The van der Waals surface area contributed by atoms with Crippen LogP contribution in [0.15, 0.2) is 48.7 Å². The van der Waals surface area contributed by atoms with Crippen LogP contribution in [-0.2, 0) is 18.3 Å². The van der Waals surface area contributed by atoms with Gasteiger partial charge in [0.2, 0.25) is 5.91 Å². The molecule has 0 spiro atoms. The lowest BCUT2D eigenvalue weighted by Gasteiger charge is -2.20. The van der Waals surface area contributed by atoms with E-state index in [9.17, 15) is 4.79 Å². The molecule has 0 radical (unpaired) electrons. The van der Waals surface area contributed by atoms with Gasteiger partial charge in [-0.2, -0.15) is 5.10 Å². The lowest BCUT2D eigenvalue weighted by atomic mass is 9.90. The first-order chi connectivity index (χ1) is 15.3. The number of nitrogens with one attached hydrogen (secondary N) is 2. The summed E-state index contributed by atoms with van der Waals surface area (Å²) in [4.78, 5) is 16.1. The Hall–Kier alpha value is -2.76. The van der Waals surface area contributed by atoms with Gasteiger partial charge in [-0.3, -0.25) is 9.48 Å². The van der Waals surface area contributed by atoms with Crippen molar-refractivity contribution in [1.82, 2.24) is 20.1 Å². The largest absolute Gasteiger partial charge is 0.361 e. The molecule has 1 amide bonds. The van der Waals surface area contributed by atoms with E-state index in [1.807, 2.05) is 62.1 Å². The van der Waals surface area contributed by atoms with E-state index in [2.05, 4.69) is 21.5 Å². The standard InChI is InChI=1S/C25H26Cl2N4O/c1-15-18(16(2)31(3)30-15)10-11-25(32)29-14-21(19-9-8-17(26)12-23(19)27)22-13-28-24-7-5-4-6-20(22)24/h4-9,12-13,21,28H,10-11,14H2,1-3H3,(H,29,32). The third-order valence-corrected chi connectivity index (χ3v) is 6.66. The minimum atomic E-state index is -0.110. The van der Waals surface area contributed by atoms with Gasteiger partial charge in [-0.05, 0) is 55.2 Å². The lowest BCUT2D eigenvalue weighted by Crippen LogP contribution is -2.29. The number of fused-ring (bicyclic) bond motifs is 1. The van der Waals surface area contributed by atoms with Crippen molar-refractivity contribution >= 4 is 40.0 Å². The van der Waals surface area contributed by atoms with Gasteiger partial charge in [0.25, 0.3) is 0 Å². The van der Waals surface area contributed by atoms with Crippen LogP contribution in [0.4, 0.5) is 0 Å². The molecule has 0 aliphatic carbocycles. The number of aromatic nitrogens is 3. The molecule has 32 heavy (non-hydrogen) atoms. The summed E-state index contributed by atoms with van der Waals surface area (Å²) in [7, 11) is 1.92. The maximum atomic E-state index is 12.8. The van der Waals surface area contributed by atoms with Crippen LogP contribution in [0.25, 0.3) is 10.9 Å². The van der Waals surface area contributed by atoms with Crippen molar-refractivity contribution in [2.75, 3.05) is 6.54 Å². The number of carbonyl (C=O) groups excluding carboxylic acids is 1. The van der Waals surface area contributed by atoms with E-state index >= 15 is 0 Å². The number of amides is 1. The SMILES string of the molecule is Cc1nn(C)c(C)c1CCC(=O)NCC(c1ccc(Cl)cc1Cl)c1c[nH]c2ccccc12. The van der Waals surface area contributed by atoms with E-state index < -0.39 is 0 Å². The molecule has 2 aromatic heterocycles. The maximum Gasteiger partial charge on any atom is 0.220 e. The first-order valence-corrected chi connectivity index (χ1v) is 11.4. The predicted molar refractivity (Wildman–Crippen MR) is 131 cm³/mol. The molecule has 166 valence electrons. The number of nitrogens with zero attached hydrogens (tertiary/aromatic N) is 2. The van der Waals surface area contributed by atoms with Gasteiger partial charge in [0.05, 0.1) is 5.69 Å². The van der Waals surface area contributed by atoms with E-state index in [4.69, 9.17) is 23.2 Å². The lowest BCUT2D eigenvalue weighted by molar-refractivity contribution is -0.121. The van der Waals surface area contributed by atoms with Crippen LogP contribution in [0.5, 0.6) is 0 Å². The molecule has 1 atom stereocenters. The van der Waals surface area contributed by atoms with Gasteiger partial charge >= 0.3 is 0 Å². The molecule has 0 saturated carbocycles. The molecule has 4 rings (SSSR count). The molecule has 2 N–H and O–H groups in total. The van der Waals surface area contributed by atoms with Crippen LogP contribution < -0.4 is 5.32 Å². The molecule has 0 aliphatic rings. The number of hydrogen-bond donors (Lipinski definition) is 2. The number of aromatic amines is 1. The Labute approximate surface area is 197 Å². The summed E-state index contributed by atoms with van der Waals surface area (Å²) >= 11 is 12.7. The third-order valence-electron chi connectivity index (χ3n) is 6.10. The molecule has 5 nitrogen and oxygen atoms in total. The van der Waals surface area contributed by atoms with Crippen molar-refractivity contribution in [3.8, 4) is 0 Å². The number of halogens is 2. The van der Waals surface area contributed by atoms with Crippen LogP contribution in [0, 0.1) is 13.8 Å². The van der Waals surface area contributed by atoms with Gasteiger partial charge in [0, 0.05) is 58.8 Å². The Morgan fingerprint density at radius 1 is 1.16 bits per heavy atom. The second-order valence-corrected chi connectivity index (χ2v) is 8.93.